The highest BCUT2D eigenvalue weighted by Gasteiger charge is 2.24. The Kier molecular flexibility index (Phi) is 6.36. The molecule has 0 radical (unpaired) electrons. The Morgan fingerprint density at radius 1 is 1.30 bits per heavy atom. The van der Waals surface area contributed by atoms with Crippen molar-refractivity contribution in [3.63, 3.8) is 0 Å². The topological polar surface area (TPSA) is 126 Å². The third-order valence-electron chi connectivity index (χ3n) is 5.05. The zero-order valence-electron chi connectivity index (χ0n) is 17.7. The van der Waals surface area contributed by atoms with Crippen LogP contribution in [-0.2, 0) is 6.54 Å². The Bertz CT molecular complexity index is 1310. The largest absolute Gasteiger partial charge is 0.497 e. The molecule has 1 unspecified atom stereocenters. The molecule has 4 rings (SSSR count). The van der Waals surface area contributed by atoms with Crippen molar-refractivity contribution in [1.29, 1.82) is 5.41 Å². The molecule has 0 spiro atoms. The van der Waals surface area contributed by atoms with Crippen LogP contribution < -0.4 is 10.1 Å². The maximum atomic E-state index is 15.2. The van der Waals surface area contributed by atoms with Gasteiger partial charge in [-0.05, 0) is 24.3 Å². The van der Waals surface area contributed by atoms with Gasteiger partial charge in [0.15, 0.2) is 11.5 Å². The molecule has 9 nitrogen and oxygen atoms in total. The Labute approximate surface area is 188 Å². The number of methoxy groups -OCH3 is 1. The lowest BCUT2D eigenvalue weighted by molar-refractivity contribution is 0.102. The summed E-state index contributed by atoms with van der Waals surface area (Å²) >= 11 is 0. The number of benzene rings is 1. The standard InChI is InChI=1S/C23H21FN6O3/c1-33-15-7-8-26-19(11-15)17(13-25)20-18(24)12-16-21(29-30(9-10-31)22(16)27-20)28-23(32)14-5-3-2-4-6-14/h2-8,11-13,17,25,31H,9-10H2,1H3,(H,28,29,32). The van der Waals surface area contributed by atoms with Gasteiger partial charge in [-0.2, -0.15) is 5.10 Å². The molecule has 3 aromatic heterocycles. The Balaban J connectivity index is 1.79. The van der Waals surface area contributed by atoms with E-state index >= 15 is 4.39 Å². The van der Waals surface area contributed by atoms with Crippen LogP contribution in [-0.4, -0.2) is 50.7 Å². The van der Waals surface area contributed by atoms with Crippen LogP contribution in [0.3, 0.4) is 0 Å². The number of pyridine rings is 2. The predicted octanol–water partition coefficient (Wildman–Crippen LogP) is 3.00. The lowest BCUT2D eigenvalue weighted by atomic mass is 10.00. The van der Waals surface area contributed by atoms with E-state index in [1.165, 1.54) is 24.1 Å². The molecule has 4 aromatic rings. The molecule has 0 bridgehead atoms. The number of rotatable bonds is 8. The lowest BCUT2D eigenvalue weighted by Crippen LogP contribution is -2.13. The molecule has 0 aliphatic heterocycles. The molecule has 0 aliphatic rings. The number of hydrogen-bond acceptors (Lipinski definition) is 7. The fourth-order valence-corrected chi connectivity index (χ4v) is 3.45. The van der Waals surface area contributed by atoms with E-state index in [9.17, 15) is 9.90 Å². The van der Waals surface area contributed by atoms with Crippen LogP contribution in [0.15, 0.2) is 54.7 Å². The first kappa shape index (κ1) is 22.0. The number of carbonyl (C=O) groups is 1. The molecular formula is C23H21FN6O3. The number of aliphatic hydroxyl groups is 1. The van der Waals surface area contributed by atoms with Crippen molar-refractivity contribution in [2.75, 3.05) is 19.0 Å². The number of amides is 1. The van der Waals surface area contributed by atoms with E-state index in [0.717, 1.165) is 6.21 Å². The van der Waals surface area contributed by atoms with E-state index in [1.54, 1.807) is 42.5 Å². The van der Waals surface area contributed by atoms with Crippen LogP contribution >= 0.6 is 0 Å². The third-order valence-corrected chi connectivity index (χ3v) is 5.05. The molecule has 0 aliphatic carbocycles. The van der Waals surface area contributed by atoms with Gasteiger partial charge in [0.2, 0.25) is 0 Å². The second kappa shape index (κ2) is 9.53. The van der Waals surface area contributed by atoms with Gasteiger partial charge in [0.05, 0.1) is 43.0 Å². The fourth-order valence-electron chi connectivity index (χ4n) is 3.45. The number of aliphatic hydroxyl groups excluding tert-OH is 1. The van der Waals surface area contributed by atoms with Gasteiger partial charge in [0.1, 0.15) is 11.6 Å². The predicted molar refractivity (Wildman–Crippen MR) is 120 cm³/mol. The van der Waals surface area contributed by atoms with E-state index in [1.807, 2.05) is 0 Å². The van der Waals surface area contributed by atoms with E-state index < -0.39 is 17.6 Å². The highest BCUT2D eigenvalue weighted by atomic mass is 19.1. The molecule has 168 valence electrons. The minimum absolute atomic E-state index is 0.0294. The SMILES string of the molecule is COc1ccnc(C(C=N)c2nc3c(cc2F)c(NC(=O)c2ccccc2)nn3CCO)c1. The zero-order chi connectivity index (χ0) is 23.4. The first-order chi connectivity index (χ1) is 16.0. The van der Waals surface area contributed by atoms with Gasteiger partial charge in [-0.3, -0.25) is 9.78 Å². The molecular weight excluding hydrogens is 427 g/mol. The summed E-state index contributed by atoms with van der Waals surface area (Å²) in [7, 11) is 1.50. The smallest absolute Gasteiger partial charge is 0.256 e. The molecule has 1 aromatic carbocycles. The summed E-state index contributed by atoms with van der Waals surface area (Å²) in [4.78, 5) is 21.3. The summed E-state index contributed by atoms with van der Waals surface area (Å²) in [6.07, 6.45) is 2.55. The number of nitrogens with zero attached hydrogens (tertiary/aromatic N) is 4. The maximum Gasteiger partial charge on any atom is 0.256 e. The second-order valence-electron chi connectivity index (χ2n) is 7.11. The molecule has 3 heterocycles. The van der Waals surface area contributed by atoms with E-state index in [-0.39, 0.29) is 35.7 Å². The van der Waals surface area contributed by atoms with Gasteiger partial charge in [-0.25, -0.2) is 14.1 Å². The van der Waals surface area contributed by atoms with Gasteiger partial charge >= 0.3 is 0 Å². The number of nitrogens with one attached hydrogen (secondary N) is 2. The van der Waals surface area contributed by atoms with Gasteiger partial charge in [-0.1, -0.05) is 18.2 Å². The Morgan fingerprint density at radius 3 is 2.79 bits per heavy atom. The summed E-state index contributed by atoms with van der Waals surface area (Å²) in [6, 6.07) is 13.0. The number of fused-ring (bicyclic) bond motifs is 1. The van der Waals surface area contributed by atoms with Crippen LogP contribution in [0.4, 0.5) is 10.2 Å². The van der Waals surface area contributed by atoms with Crippen molar-refractivity contribution in [2.45, 2.75) is 12.5 Å². The van der Waals surface area contributed by atoms with E-state index in [0.29, 0.717) is 17.0 Å². The van der Waals surface area contributed by atoms with E-state index in [4.69, 9.17) is 10.1 Å². The highest BCUT2D eigenvalue weighted by Crippen LogP contribution is 2.30. The number of anilines is 1. The van der Waals surface area contributed by atoms with Crippen molar-refractivity contribution >= 4 is 29.0 Å². The van der Waals surface area contributed by atoms with Crippen molar-refractivity contribution < 1.29 is 19.0 Å². The van der Waals surface area contributed by atoms with E-state index in [2.05, 4.69) is 20.4 Å². The zero-order valence-corrected chi connectivity index (χ0v) is 17.7. The van der Waals surface area contributed by atoms with Crippen molar-refractivity contribution in [2.24, 2.45) is 0 Å². The molecule has 3 N–H and O–H groups in total. The van der Waals surface area contributed by atoms with Crippen LogP contribution in [0.2, 0.25) is 0 Å². The van der Waals surface area contributed by atoms with Gasteiger partial charge < -0.3 is 20.6 Å². The average Bonchev–Trinajstić information content (AvgIpc) is 3.16. The first-order valence-electron chi connectivity index (χ1n) is 10.1. The molecule has 33 heavy (non-hydrogen) atoms. The summed E-state index contributed by atoms with van der Waals surface area (Å²) in [5.41, 5.74) is 1.04. The van der Waals surface area contributed by atoms with Crippen LogP contribution in [0.25, 0.3) is 11.0 Å². The quantitative estimate of drug-likeness (QED) is 0.356. The average molecular weight is 448 g/mol. The van der Waals surface area contributed by atoms with Crippen LogP contribution in [0.5, 0.6) is 5.75 Å². The molecule has 10 heteroatoms. The number of halogens is 1. The van der Waals surface area contributed by atoms with Gasteiger partial charge in [0, 0.05) is 24.0 Å². The van der Waals surface area contributed by atoms with Crippen LogP contribution in [0.1, 0.15) is 27.7 Å². The molecule has 1 amide bonds. The number of carbonyl (C=O) groups excluding carboxylic acids is 1. The van der Waals surface area contributed by atoms with Gasteiger partial charge in [-0.15, -0.1) is 0 Å². The molecule has 0 fully saturated rings. The third kappa shape index (κ3) is 4.41. The maximum absolute atomic E-state index is 15.2. The summed E-state index contributed by atoms with van der Waals surface area (Å²) in [6.45, 7) is -0.148. The molecule has 0 saturated carbocycles. The number of hydrogen-bond donors (Lipinski definition) is 3. The second-order valence-corrected chi connectivity index (χ2v) is 7.11. The minimum atomic E-state index is -0.871. The summed E-state index contributed by atoms with van der Waals surface area (Å²) in [5.74, 6) is -1.32. The Morgan fingerprint density at radius 2 is 2.09 bits per heavy atom. The van der Waals surface area contributed by atoms with Crippen LogP contribution in [0, 0.1) is 11.2 Å². The highest BCUT2D eigenvalue weighted by molar-refractivity contribution is 6.07. The number of aromatic nitrogens is 4. The summed E-state index contributed by atoms with van der Waals surface area (Å²) in [5, 5.41) is 24.6. The van der Waals surface area contributed by atoms with Crippen molar-refractivity contribution in [3.05, 3.63) is 77.5 Å². The fraction of sp³-hybridized carbons (Fsp3) is 0.174. The molecule has 1 atom stereocenters. The molecule has 0 saturated heterocycles. The van der Waals surface area contributed by atoms with Crippen molar-refractivity contribution in [3.8, 4) is 5.75 Å². The minimum Gasteiger partial charge on any atom is -0.497 e. The van der Waals surface area contributed by atoms with Crippen molar-refractivity contribution in [1.82, 2.24) is 19.7 Å². The Hall–Kier alpha value is -4.18. The summed E-state index contributed by atoms with van der Waals surface area (Å²) < 4.78 is 21.8. The number of ether oxygens (including phenoxy) is 1. The first-order valence-corrected chi connectivity index (χ1v) is 10.1. The normalized spacial score (nSPS) is 11.8. The monoisotopic (exact) mass is 448 g/mol. The van der Waals surface area contributed by atoms with Gasteiger partial charge in [0.25, 0.3) is 5.91 Å². The lowest BCUT2D eigenvalue weighted by Gasteiger charge is -2.13.